The van der Waals surface area contributed by atoms with Gasteiger partial charge in [-0.15, -0.1) is 0 Å². The van der Waals surface area contributed by atoms with Gasteiger partial charge >= 0.3 is 0 Å². The maximum absolute atomic E-state index is 10.7. The minimum atomic E-state index is -0.799. The highest BCUT2D eigenvalue weighted by molar-refractivity contribution is 5.73. The summed E-state index contributed by atoms with van der Waals surface area (Å²) in [4.78, 5) is 0. The molecule has 8 N–H and O–H groups in total. The fourth-order valence-corrected chi connectivity index (χ4v) is 3.44. The average molecular weight is 496 g/mol. The quantitative estimate of drug-likeness (QED) is 0.158. The summed E-state index contributed by atoms with van der Waals surface area (Å²) in [6.45, 7) is 0. The lowest BCUT2D eigenvalue weighted by molar-refractivity contribution is 0.296. The van der Waals surface area contributed by atoms with Crippen LogP contribution in [0.15, 0.2) is 48.5 Å². The van der Waals surface area contributed by atoms with Crippen molar-refractivity contribution in [3.8, 4) is 92.0 Å². The predicted octanol–water partition coefficient (Wildman–Crippen LogP) is 4.81. The molecule has 12 nitrogen and oxygen atoms in total. The van der Waals surface area contributed by atoms with Crippen molar-refractivity contribution in [2.24, 2.45) is 0 Å². The summed E-state index contributed by atoms with van der Waals surface area (Å²) < 4.78 is 22.0. The molecular weight excluding hydrogens is 480 g/mol. The van der Waals surface area contributed by atoms with Crippen molar-refractivity contribution < 1.29 is 59.8 Å². The van der Waals surface area contributed by atoms with Crippen LogP contribution in [0.2, 0.25) is 0 Å². The number of hydrogen-bond donors (Lipinski definition) is 8. The van der Waals surface area contributed by atoms with E-state index in [9.17, 15) is 40.9 Å². The number of hydrogen-bond acceptors (Lipinski definition) is 12. The minimum Gasteiger partial charge on any atom is -0.508 e. The lowest BCUT2D eigenvalue weighted by Gasteiger charge is -2.24. The molecule has 5 rings (SSSR count). The second kappa shape index (κ2) is 8.06. The van der Waals surface area contributed by atoms with Crippen molar-refractivity contribution in [1.82, 2.24) is 0 Å². The van der Waals surface area contributed by atoms with E-state index in [-0.39, 0.29) is 63.2 Å². The van der Waals surface area contributed by atoms with Crippen molar-refractivity contribution in [3.05, 3.63) is 48.5 Å². The number of fused-ring (bicyclic) bond motifs is 2. The highest BCUT2D eigenvalue weighted by atomic mass is 16.6. The van der Waals surface area contributed by atoms with E-state index in [1.54, 1.807) is 0 Å². The molecule has 0 spiro atoms. The normalized spacial score (nSPS) is 11.6. The SMILES string of the molecule is Oc1cc(O)cc(Oc2cc3c(c(O)c2O)Oc2cc(O)c(Oc4cc(O)cc(O)c4)c(O)c2O3)c1. The monoisotopic (exact) mass is 496 g/mol. The summed E-state index contributed by atoms with van der Waals surface area (Å²) in [5.41, 5.74) is 0. The van der Waals surface area contributed by atoms with Gasteiger partial charge in [-0.2, -0.15) is 0 Å². The van der Waals surface area contributed by atoms with Crippen molar-refractivity contribution in [1.29, 1.82) is 0 Å². The van der Waals surface area contributed by atoms with E-state index >= 15 is 0 Å². The summed E-state index contributed by atoms with van der Waals surface area (Å²) in [7, 11) is 0. The fraction of sp³-hybridized carbons (Fsp3) is 0. The predicted molar refractivity (Wildman–Crippen MR) is 119 cm³/mol. The molecule has 0 unspecified atom stereocenters. The largest absolute Gasteiger partial charge is 0.508 e. The first-order valence-corrected chi connectivity index (χ1v) is 10.0. The van der Waals surface area contributed by atoms with E-state index in [0.29, 0.717) is 0 Å². The number of rotatable bonds is 4. The lowest BCUT2D eigenvalue weighted by Crippen LogP contribution is -2.01. The molecule has 0 bridgehead atoms. The molecule has 0 atom stereocenters. The molecule has 0 fully saturated rings. The molecule has 1 heterocycles. The Balaban J connectivity index is 1.52. The van der Waals surface area contributed by atoms with Gasteiger partial charge in [0.25, 0.3) is 0 Å². The Labute approximate surface area is 200 Å². The molecule has 36 heavy (non-hydrogen) atoms. The third kappa shape index (κ3) is 3.88. The molecule has 0 radical (unpaired) electrons. The molecule has 184 valence electrons. The Hall–Kier alpha value is -5.52. The summed E-state index contributed by atoms with van der Waals surface area (Å²) >= 11 is 0. The van der Waals surface area contributed by atoms with Crippen LogP contribution in [-0.2, 0) is 0 Å². The van der Waals surface area contributed by atoms with E-state index < -0.39 is 28.7 Å². The number of ether oxygens (including phenoxy) is 4. The molecule has 4 aromatic carbocycles. The standard InChI is InChI=1S/C24H16O12/c25-9-1-10(26)4-13(3-9)33-16-8-18-23(20(31)19(16)30)35-17-7-15(29)22(21(32)24(17)36-18)34-14-5-11(27)2-12(28)6-14/h1-8,25-32H. The van der Waals surface area contributed by atoms with Gasteiger partial charge in [-0.1, -0.05) is 0 Å². The van der Waals surface area contributed by atoms with Crippen LogP contribution in [0.3, 0.4) is 0 Å². The first kappa shape index (κ1) is 22.3. The Morgan fingerprint density at radius 1 is 0.472 bits per heavy atom. The van der Waals surface area contributed by atoms with Crippen molar-refractivity contribution in [2.45, 2.75) is 0 Å². The van der Waals surface area contributed by atoms with Crippen LogP contribution in [0, 0.1) is 0 Å². The van der Waals surface area contributed by atoms with Gasteiger partial charge in [0.05, 0.1) is 0 Å². The lowest BCUT2D eigenvalue weighted by atomic mass is 10.2. The number of aromatic hydroxyl groups is 8. The zero-order chi connectivity index (χ0) is 25.7. The van der Waals surface area contributed by atoms with Crippen LogP contribution in [0.5, 0.6) is 92.0 Å². The minimum absolute atomic E-state index is 0.0860. The first-order valence-electron chi connectivity index (χ1n) is 10.0. The van der Waals surface area contributed by atoms with Crippen molar-refractivity contribution in [2.75, 3.05) is 0 Å². The first-order chi connectivity index (χ1) is 17.1. The summed E-state index contributed by atoms with van der Waals surface area (Å²) in [6, 6.07) is 8.73. The molecule has 0 aliphatic carbocycles. The summed E-state index contributed by atoms with van der Waals surface area (Å²) in [5, 5.41) is 80.4. The zero-order valence-corrected chi connectivity index (χ0v) is 17.8. The van der Waals surface area contributed by atoms with Crippen LogP contribution in [0.25, 0.3) is 0 Å². The van der Waals surface area contributed by atoms with Gasteiger partial charge in [0.15, 0.2) is 23.0 Å². The van der Waals surface area contributed by atoms with E-state index in [0.717, 1.165) is 48.5 Å². The number of phenolic OH excluding ortho intramolecular Hbond substituents is 8. The van der Waals surface area contributed by atoms with E-state index in [1.807, 2.05) is 0 Å². The second-order valence-electron chi connectivity index (χ2n) is 7.58. The van der Waals surface area contributed by atoms with Crippen LogP contribution < -0.4 is 18.9 Å². The van der Waals surface area contributed by atoms with Crippen molar-refractivity contribution >= 4 is 0 Å². The maximum Gasteiger partial charge on any atom is 0.215 e. The topological polar surface area (TPSA) is 199 Å². The summed E-state index contributed by atoms with van der Waals surface area (Å²) in [5.74, 6) is -6.46. The molecule has 1 aliphatic rings. The van der Waals surface area contributed by atoms with Crippen molar-refractivity contribution in [3.63, 3.8) is 0 Å². The van der Waals surface area contributed by atoms with Crippen LogP contribution in [0.1, 0.15) is 0 Å². The third-order valence-electron chi connectivity index (χ3n) is 4.94. The molecular formula is C24H16O12. The van der Waals surface area contributed by atoms with Gasteiger partial charge in [-0.25, -0.2) is 0 Å². The molecule has 0 aromatic heterocycles. The average Bonchev–Trinajstić information content (AvgIpc) is 2.78. The van der Waals surface area contributed by atoms with Crippen LogP contribution >= 0.6 is 0 Å². The molecule has 0 saturated heterocycles. The van der Waals surface area contributed by atoms with Crippen LogP contribution in [0.4, 0.5) is 0 Å². The Bertz CT molecular complexity index is 1490. The molecule has 4 aromatic rings. The smallest absolute Gasteiger partial charge is 0.215 e. The maximum atomic E-state index is 10.7. The van der Waals surface area contributed by atoms with Gasteiger partial charge in [-0.05, 0) is 0 Å². The van der Waals surface area contributed by atoms with E-state index in [2.05, 4.69) is 0 Å². The molecule has 0 saturated carbocycles. The van der Waals surface area contributed by atoms with Gasteiger partial charge < -0.3 is 59.8 Å². The van der Waals surface area contributed by atoms with E-state index in [1.165, 1.54) is 0 Å². The Morgan fingerprint density at radius 3 is 1.50 bits per heavy atom. The Kier molecular flexibility index (Phi) is 4.99. The third-order valence-corrected chi connectivity index (χ3v) is 4.94. The highest BCUT2D eigenvalue weighted by Crippen LogP contribution is 2.61. The van der Waals surface area contributed by atoms with E-state index in [4.69, 9.17) is 18.9 Å². The Morgan fingerprint density at radius 2 is 0.944 bits per heavy atom. The zero-order valence-electron chi connectivity index (χ0n) is 17.8. The second-order valence-corrected chi connectivity index (χ2v) is 7.58. The fourth-order valence-electron chi connectivity index (χ4n) is 3.44. The molecule has 12 heteroatoms. The molecule has 0 amide bonds. The van der Waals surface area contributed by atoms with Crippen LogP contribution in [-0.4, -0.2) is 40.9 Å². The molecule has 1 aliphatic heterocycles. The van der Waals surface area contributed by atoms with Gasteiger partial charge in [0, 0.05) is 48.5 Å². The van der Waals surface area contributed by atoms with Gasteiger partial charge in [0.2, 0.25) is 34.5 Å². The van der Waals surface area contributed by atoms with Gasteiger partial charge in [-0.3, -0.25) is 0 Å². The van der Waals surface area contributed by atoms with Gasteiger partial charge in [0.1, 0.15) is 34.5 Å². The number of phenols is 8. The highest BCUT2D eigenvalue weighted by Gasteiger charge is 2.32. The summed E-state index contributed by atoms with van der Waals surface area (Å²) in [6.07, 6.45) is 0. The number of benzene rings is 4.